The molecule has 1 N–H and O–H groups in total. The van der Waals surface area contributed by atoms with Gasteiger partial charge in [-0.25, -0.2) is 4.98 Å². The van der Waals surface area contributed by atoms with E-state index in [1.807, 2.05) is 6.92 Å². The second kappa shape index (κ2) is 8.31. The first kappa shape index (κ1) is 22.2. The van der Waals surface area contributed by atoms with Crippen LogP contribution in [-0.2, 0) is 16.0 Å². The third kappa shape index (κ3) is 3.78. The Labute approximate surface area is 197 Å². The Balaban J connectivity index is 1.36. The molecule has 0 radical (unpaired) electrons. The topological polar surface area (TPSA) is 102 Å². The van der Waals surface area contributed by atoms with Crippen molar-refractivity contribution in [2.75, 3.05) is 5.32 Å². The fourth-order valence-electron chi connectivity index (χ4n) is 7.01. The lowest BCUT2D eigenvalue weighted by atomic mass is 9.54. The van der Waals surface area contributed by atoms with Crippen molar-refractivity contribution in [1.82, 2.24) is 4.98 Å². The predicted octanol–water partition coefficient (Wildman–Crippen LogP) is 5.43. The van der Waals surface area contributed by atoms with Crippen LogP contribution in [0.15, 0.2) is 24.4 Å². The van der Waals surface area contributed by atoms with E-state index >= 15 is 0 Å². The number of carbonyl (C=O) groups is 2. The summed E-state index contributed by atoms with van der Waals surface area (Å²) in [5.41, 5.74) is 1.88. The number of hydrogen-bond acceptors (Lipinski definition) is 6. The van der Waals surface area contributed by atoms with Crippen molar-refractivity contribution < 1.29 is 14.5 Å². The van der Waals surface area contributed by atoms with Gasteiger partial charge in [0, 0.05) is 41.0 Å². The van der Waals surface area contributed by atoms with Crippen LogP contribution in [0.25, 0.3) is 0 Å². The molecule has 8 heteroatoms. The fraction of sp³-hybridized carbons (Fsp3) is 0.560. The molecule has 3 aliphatic rings. The van der Waals surface area contributed by atoms with E-state index in [0.717, 1.165) is 35.3 Å². The highest BCUT2D eigenvalue weighted by molar-refractivity contribution is 7.15. The standard InChI is InChI=1S/C25H29N3O4S/c1-14-13-26-24(33-14)27-22(30)9-6-15-12-21(29)25(2)11-10-17-16-4-3-5-20(28(31)32)18(16)7-8-19(17)23(15)25/h3-5,13,15,17,19,23H,6-12H2,1-2H3,(H,26,27,30)/t15-,17?,19?,23?,25-/m1/s1. The summed E-state index contributed by atoms with van der Waals surface area (Å²) in [6, 6.07) is 5.46. The van der Waals surface area contributed by atoms with Crippen molar-refractivity contribution >= 4 is 33.8 Å². The first-order chi connectivity index (χ1) is 15.8. The third-order valence-electron chi connectivity index (χ3n) is 8.40. The second-order valence-electron chi connectivity index (χ2n) is 10.1. The Hall–Kier alpha value is -2.61. The summed E-state index contributed by atoms with van der Waals surface area (Å²) < 4.78 is 0. The molecule has 33 heavy (non-hydrogen) atoms. The van der Waals surface area contributed by atoms with Gasteiger partial charge in [0.25, 0.3) is 5.69 Å². The van der Waals surface area contributed by atoms with Gasteiger partial charge in [0.2, 0.25) is 5.91 Å². The monoisotopic (exact) mass is 467 g/mol. The number of rotatable bonds is 5. The number of aryl methyl sites for hydroxylation is 1. The Morgan fingerprint density at radius 2 is 2.18 bits per heavy atom. The number of aromatic nitrogens is 1. The number of nitrogens with zero attached hydrogens (tertiary/aromatic N) is 2. The first-order valence-corrected chi connectivity index (χ1v) is 12.6. The summed E-state index contributed by atoms with van der Waals surface area (Å²) in [4.78, 5) is 42.2. The summed E-state index contributed by atoms with van der Waals surface area (Å²) in [5, 5.41) is 15.1. The normalized spacial score (nSPS) is 30.3. The fourth-order valence-corrected chi connectivity index (χ4v) is 7.69. The highest BCUT2D eigenvalue weighted by Crippen LogP contribution is 2.62. The predicted molar refractivity (Wildman–Crippen MR) is 126 cm³/mol. The number of ketones is 1. The Morgan fingerprint density at radius 1 is 1.36 bits per heavy atom. The van der Waals surface area contributed by atoms with Gasteiger partial charge < -0.3 is 5.32 Å². The summed E-state index contributed by atoms with van der Waals surface area (Å²) in [6.07, 6.45) is 6.62. The number of hydrogen-bond donors (Lipinski definition) is 1. The first-order valence-electron chi connectivity index (χ1n) is 11.8. The minimum atomic E-state index is -0.340. The quantitative estimate of drug-likeness (QED) is 0.467. The van der Waals surface area contributed by atoms with Crippen LogP contribution >= 0.6 is 11.3 Å². The summed E-state index contributed by atoms with van der Waals surface area (Å²) >= 11 is 1.46. The molecule has 174 valence electrons. The maximum atomic E-state index is 13.1. The van der Waals surface area contributed by atoms with Crippen molar-refractivity contribution in [3.63, 3.8) is 0 Å². The van der Waals surface area contributed by atoms with Gasteiger partial charge in [-0.05, 0) is 68.3 Å². The van der Waals surface area contributed by atoms with Crippen LogP contribution in [0.4, 0.5) is 10.8 Å². The zero-order valence-electron chi connectivity index (χ0n) is 19.0. The van der Waals surface area contributed by atoms with Gasteiger partial charge in [-0.15, -0.1) is 11.3 Å². The lowest BCUT2D eigenvalue weighted by molar-refractivity contribution is -0.385. The van der Waals surface area contributed by atoms with Crippen LogP contribution in [0.5, 0.6) is 0 Å². The molecular formula is C25H29N3O4S. The zero-order valence-corrected chi connectivity index (χ0v) is 19.8. The molecule has 1 amide bonds. The van der Waals surface area contributed by atoms with Crippen molar-refractivity contribution in [2.24, 2.45) is 23.2 Å². The van der Waals surface area contributed by atoms with Crippen LogP contribution in [-0.4, -0.2) is 21.6 Å². The van der Waals surface area contributed by atoms with Crippen LogP contribution < -0.4 is 5.32 Å². The SMILES string of the molecule is Cc1cnc(NC(=O)CC[C@@H]2CC(=O)[C@@]3(C)CCC4c5cccc([N+](=O)[O-])c5CCC4C23)s1. The molecule has 1 aromatic heterocycles. The van der Waals surface area contributed by atoms with Crippen LogP contribution in [0.1, 0.15) is 67.4 Å². The maximum absolute atomic E-state index is 13.1. The molecule has 0 spiro atoms. The van der Waals surface area contributed by atoms with Gasteiger partial charge in [-0.2, -0.15) is 0 Å². The number of anilines is 1. The molecule has 3 unspecified atom stereocenters. The molecule has 1 heterocycles. The smallest absolute Gasteiger partial charge is 0.272 e. The third-order valence-corrected chi connectivity index (χ3v) is 9.23. The number of carbonyl (C=O) groups excluding carboxylic acids is 2. The average Bonchev–Trinajstić information content (AvgIpc) is 3.31. The number of Topliss-reactive ketones (excluding diaryl/α,β-unsaturated/α-hetero) is 1. The summed E-state index contributed by atoms with van der Waals surface area (Å²) in [6.45, 7) is 4.08. The van der Waals surface area contributed by atoms with Gasteiger partial charge in [0.05, 0.1) is 4.92 Å². The second-order valence-corrected chi connectivity index (χ2v) is 11.4. The molecule has 7 nitrogen and oxygen atoms in total. The molecule has 2 saturated carbocycles. The highest BCUT2D eigenvalue weighted by atomic mass is 32.1. The van der Waals surface area contributed by atoms with Gasteiger partial charge in [-0.3, -0.25) is 19.7 Å². The van der Waals surface area contributed by atoms with Crippen molar-refractivity contribution in [3.05, 3.63) is 50.5 Å². The van der Waals surface area contributed by atoms with Crippen LogP contribution in [0.2, 0.25) is 0 Å². The van der Waals surface area contributed by atoms with E-state index in [1.54, 1.807) is 18.3 Å². The minimum absolute atomic E-state index is 0.0534. The van der Waals surface area contributed by atoms with E-state index in [1.165, 1.54) is 11.3 Å². The number of nitro benzene ring substituents is 1. The lowest BCUT2D eigenvalue weighted by Crippen LogP contribution is -2.44. The molecule has 3 aliphatic carbocycles. The number of benzene rings is 1. The Bertz CT molecular complexity index is 1130. The van der Waals surface area contributed by atoms with E-state index in [0.29, 0.717) is 42.5 Å². The van der Waals surface area contributed by atoms with Crippen LogP contribution in [0, 0.1) is 40.2 Å². The van der Waals surface area contributed by atoms with Crippen molar-refractivity contribution in [3.8, 4) is 0 Å². The van der Waals surface area contributed by atoms with Gasteiger partial charge in [0.15, 0.2) is 5.13 Å². The Kier molecular flexibility index (Phi) is 5.59. The van der Waals surface area contributed by atoms with Crippen molar-refractivity contribution in [2.45, 2.75) is 64.7 Å². The molecule has 0 aliphatic heterocycles. The van der Waals surface area contributed by atoms with E-state index in [9.17, 15) is 19.7 Å². The lowest BCUT2D eigenvalue weighted by Gasteiger charge is -2.49. The average molecular weight is 468 g/mol. The molecule has 0 saturated heterocycles. The molecule has 5 atom stereocenters. The zero-order chi connectivity index (χ0) is 23.3. The van der Waals surface area contributed by atoms with Gasteiger partial charge >= 0.3 is 0 Å². The van der Waals surface area contributed by atoms with E-state index in [-0.39, 0.29) is 39.7 Å². The summed E-state index contributed by atoms with van der Waals surface area (Å²) in [7, 11) is 0. The molecule has 5 rings (SSSR count). The van der Waals surface area contributed by atoms with Gasteiger partial charge in [0.1, 0.15) is 5.78 Å². The minimum Gasteiger partial charge on any atom is -0.302 e. The summed E-state index contributed by atoms with van der Waals surface area (Å²) in [5.74, 6) is 1.27. The van der Waals surface area contributed by atoms with E-state index in [4.69, 9.17) is 0 Å². The van der Waals surface area contributed by atoms with E-state index < -0.39 is 0 Å². The van der Waals surface area contributed by atoms with Crippen molar-refractivity contribution in [1.29, 1.82) is 0 Å². The molecular weight excluding hydrogens is 438 g/mol. The van der Waals surface area contributed by atoms with E-state index in [2.05, 4.69) is 23.3 Å². The van der Waals surface area contributed by atoms with Gasteiger partial charge in [-0.1, -0.05) is 19.1 Å². The highest BCUT2D eigenvalue weighted by Gasteiger charge is 2.58. The molecule has 2 fully saturated rings. The number of nitro groups is 1. The number of thiazole rings is 1. The molecule has 0 bridgehead atoms. The van der Waals surface area contributed by atoms with Crippen LogP contribution in [0.3, 0.4) is 0 Å². The number of nitrogens with one attached hydrogen (secondary N) is 1. The number of amides is 1. The number of fused-ring (bicyclic) bond motifs is 5. The largest absolute Gasteiger partial charge is 0.302 e. The molecule has 1 aromatic carbocycles. The Morgan fingerprint density at radius 3 is 2.91 bits per heavy atom. The molecule has 2 aromatic rings. The maximum Gasteiger partial charge on any atom is 0.272 e.